The molecule has 0 unspecified atom stereocenters. The van der Waals surface area contributed by atoms with Gasteiger partial charge in [0.2, 0.25) is 0 Å². The average Bonchev–Trinajstić information content (AvgIpc) is 3.15. The average molecular weight is 394 g/mol. The van der Waals surface area contributed by atoms with Gasteiger partial charge in [-0.1, -0.05) is 18.2 Å². The molecule has 26 heavy (non-hydrogen) atoms. The Balaban J connectivity index is 0.00000121. The number of amides is 1. The standard InChI is InChI=1S/C19H19N3O2.2ClH/c1-13-12-20-8-9-22(13)19(23)15-11-17(18-7-4-10-24-18)21-16-6-3-2-5-14(15)16;;/h2-7,10-11,13,20H,8-9,12H2,1H3;2*1H/t13-;;/m0../s1. The molecule has 1 aliphatic rings. The normalized spacial score (nSPS) is 16.7. The van der Waals surface area contributed by atoms with Gasteiger partial charge in [0.05, 0.1) is 17.3 Å². The Morgan fingerprint density at radius 2 is 2.04 bits per heavy atom. The first-order valence-corrected chi connectivity index (χ1v) is 8.19. The molecule has 138 valence electrons. The van der Waals surface area contributed by atoms with Crippen molar-refractivity contribution in [3.8, 4) is 11.5 Å². The molecule has 0 saturated carbocycles. The van der Waals surface area contributed by atoms with Crippen molar-refractivity contribution < 1.29 is 9.21 Å². The van der Waals surface area contributed by atoms with Crippen LogP contribution in [0.1, 0.15) is 17.3 Å². The van der Waals surface area contributed by atoms with E-state index in [1.165, 1.54) is 0 Å². The van der Waals surface area contributed by atoms with Crippen LogP contribution in [0.3, 0.4) is 0 Å². The summed E-state index contributed by atoms with van der Waals surface area (Å²) in [7, 11) is 0. The van der Waals surface area contributed by atoms with E-state index in [9.17, 15) is 4.79 Å². The molecule has 1 amide bonds. The van der Waals surface area contributed by atoms with Gasteiger partial charge in [-0.2, -0.15) is 0 Å². The Morgan fingerprint density at radius 1 is 1.23 bits per heavy atom. The monoisotopic (exact) mass is 393 g/mol. The Kier molecular flexibility index (Phi) is 6.64. The van der Waals surface area contributed by atoms with Crippen LogP contribution in [0.4, 0.5) is 0 Å². The van der Waals surface area contributed by atoms with Gasteiger partial charge in [0, 0.05) is 31.1 Å². The van der Waals surface area contributed by atoms with E-state index in [-0.39, 0.29) is 36.8 Å². The largest absolute Gasteiger partial charge is 0.463 e. The third-order valence-electron chi connectivity index (χ3n) is 4.48. The molecule has 2 aromatic heterocycles. The third kappa shape index (κ3) is 3.70. The van der Waals surface area contributed by atoms with E-state index in [0.29, 0.717) is 23.6 Å². The van der Waals surface area contributed by atoms with Gasteiger partial charge >= 0.3 is 0 Å². The second-order valence-corrected chi connectivity index (χ2v) is 6.10. The van der Waals surface area contributed by atoms with Gasteiger partial charge in [-0.05, 0) is 31.2 Å². The fraction of sp³-hybridized carbons (Fsp3) is 0.263. The van der Waals surface area contributed by atoms with Crippen LogP contribution in [0.2, 0.25) is 0 Å². The molecule has 1 aromatic carbocycles. The predicted octanol–water partition coefficient (Wildman–Crippen LogP) is 3.77. The minimum absolute atomic E-state index is 0. The molecule has 5 nitrogen and oxygen atoms in total. The highest BCUT2D eigenvalue weighted by Gasteiger charge is 2.26. The van der Waals surface area contributed by atoms with Gasteiger partial charge < -0.3 is 14.6 Å². The fourth-order valence-corrected chi connectivity index (χ4v) is 3.20. The van der Waals surface area contributed by atoms with Crippen molar-refractivity contribution in [3.63, 3.8) is 0 Å². The van der Waals surface area contributed by atoms with E-state index < -0.39 is 0 Å². The molecule has 1 N–H and O–H groups in total. The minimum atomic E-state index is 0. The number of nitrogens with one attached hydrogen (secondary N) is 1. The number of hydrogen-bond donors (Lipinski definition) is 1. The molecule has 0 spiro atoms. The van der Waals surface area contributed by atoms with Crippen LogP contribution in [0, 0.1) is 0 Å². The summed E-state index contributed by atoms with van der Waals surface area (Å²) in [6.45, 7) is 4.43. The summed E-state index contributed by atoms with van der Waals surface area (Å²) in [5.74, 6) is 0.721. The molecule has 1 atom stereocenters. The lowest BCUT2D eigenvalue weighted by molar-refractivity contribution is 0.0658. The number of carbonyl (C=O) groups is 1. The highest BCUT2D eigenvalue weighted by atomic mass is 35.5. The molecule has 1 saturated heterocycles. The van der Waals surface area contributed by atoms with Crippen molar-refractivity contribution in [3.05, 3.63) is 54.3 Å². The zero-order valence-corrected chi connectivity index (χ0v) is 16.0. The van der Waals surface area contributed by atoms with Gasteiger partial charge in [0.1, 0.15) is 5.69 Å². The van der Waals surface area contributed by atoms with E-state index in [0.717, 1.165) is 24.0 Å². The number of nitrogens with zero attached hydrogens (tertiary/aromatic N) is 2. The van der Waals surface area contributed by atoms with Crippen molar-refractivity contribution in [1.82, 2.24) is 15.2 Å². The maximum atomic E-state index is 13.2. The van der Waals surface area contributed by atoms with Crippen molar-refractivity contribution in [1.29, 1.82) is 0 Å². The predicted molar refractivity (Wildman–Crippen MR) is 107 cm³/mol. The number of piperazine rings is 1. The summed E-state index contributed by atoms with van der Waals surface area (Å²) in [5, 5.41) is 4.20. The maximum Gasteiger partial charge on any atom is 0.254 e. The Morgan fingerprint density at radius 3 is 2.77 bits per heavy atom. The van der Waals surface area contributed by atoms with Crippen molar-refractivity contribution >= 4 is 41.6 Å². The summed E-state index contributed by atoms with van der Waals surface area (Å²) in [4.78, 5) is 19.8. The molecule has 1 aliphatic heterocycles. The molecular formula is C19H21Cl2N3O2. The van der Waals surface area contributed by atoms with Crippen molar-refractivity contribution in [2.75, 3.05) is 19.6 Å². The van der Waals surface area contributed by atoms with E-state index in [2.05, 4.69) is 17.2 Å². The number of rotatable bonds is 2. The molecule has 4 rings (SSSR count). The lowest BCUT2D eigenvalue weighted by Gasteiger charge is -2.34. The topological polar surface area (TPSA) is 58.4 Å². The summed E-state index contributed by atoms with van der Waals surface area (Å²) in [5.41, 5.74) is 2.17. The molecule has 3 aromatic rings. The molecule has 0 bridgehead atoms. The van der Waals surface area contributed by atoms with Crippen LogP contribution < -0.4 is 5.32 Å². The number of para-hydroxylation sites is 1. The van der Waals surface area contributed by atoms with Crippen LogP contribution in [-0.4, -0.2) is 41.5 Å². The highest BCUT2D eigenvalue weighted by molar-refractivity contribution is 6.07. The van der Waals surface area contributed by atoms with E-state index in [1.54, 1.807) is 6.26 Å². The van der Waals surface area contributed by atoms with Gasteiger partial charge in [-0.3, -0.25) is 4.79 Å². The van der Waals surface area contributed by atoms with Gasteiger partial charge in [-0.25, -0.2) is 4.98 Å². The quantitative estimate of drug-likeness (QED) is 0.719. The molecule has 0 radical (unpaired) electrons. The fourth-order valence-electron chi connectivity index (χ4n) is 3.20. The number of fused-ring (bicyclic) bond motifs is 1. The van der Waals surface area contributed by atoms with E-state index in [1.807, 2.05) is 47.4 Å². The van der Waals surface area contributed by atoms with Crippen LogP contribution >= 0.6 is 24.8 Å². The molecule has 7 heteroatoms. The molecule has 0 aliphatic carbocycles. The number of halogens is 2. The molecule has 3 heterocycles. The van der Waals surface area contributed by atoms with Gasteiger partial charge in [0.25, 0.3) is 5.91 Å². The Labute approximate surface area is 164 Å². The van der Waals surface area contributed by atoms with Crippen molar-refractivity contribution in [2.45, 2.75) is 13.0 Å². The molecular weight excluding hydrogens is 373 g/mol. The summed E-state index contributed by atoms with van der Waals surface area (Å²) < 4.78 is 5.47. The minimum Gasteiger partial charge on any atom is -0.463 e. The zero-order valence-electron chi connectivity index (χ0n) is 14.3. The smallest absolute Gasteiger partial charge is 0.254 e. The summed E-state index contributed by atoms with van der Waals surface area (Å²) in [6.07, 6.45) is 1.62. The van der Waals surface area contributed by atoms with Crippen LogP contribution in [0.25, 0.3) is 22.4 Å². The second-order valence-electron chi connectivity index (χ2n) is 6.10. The van der Waals surface area contributed by atoms with E-state index >= 15 is 0 Å². The Hall–Kier alpha value is -2.08. The first-order chi connectivity index (χ1) is 11.7. The number of furan rings is 1. The van der Waals surface area contributed by atoms with Crippen LogP contribution in [0.5, 0.6) is 0 Å². The first-order valence-electron chi connectivity index (χ1n) is 8.19. The third-order valence-corrected chi connectivity index (χ3v) is 4.48. The van der Waals surface area contributed by atoms with Gasteiger partial charge in [0.15, 0.2) is 5.76 Å². The number of benzene rings is 1. The first kappa shape index (κ1) is 20.2. The SMILES string of the molecule is C[C@H]1CNCCN1C(=O)c1cc(-c2ccco2)nc2ccccc12.Cl.Cl. The zero-order chi connectivity index (χ0) is 16.5. The lowest BCUT2D eigenvalue weighted by Crippen LogP contribution is -2.52. The second kappa shape index (κ2) is 8.54. The molecule has 1 fully saturated rings. The number of aromatic nitrogens is 1. The summed E-state index contributed by atoms with van der Waals surface area (Å²) >= 11 is 0. The number of pyridine rings is 1. The number of hydrogen-bond acceptors (Lipinski definition) is 4. The van der Waals surface area contributed by atoms with Crippen LogP contribution in [0.15, 0.2) is 53.1 Å². The lowest BCUT2D eigenvalue weighted by atomic mass is 10.0. The van der Waals surface area contributed by atoms with Crippen LogP contribution in [-0.2, 0) is 0 Å². The summed E-state index contributed by atoms with van der Waals surface area (Å²) in [6, 6.07) is 13.5. The van der Waals surface area contributed by atoms with E-state index in [4.69, 9.17) is 4.42 Å². The van der Waals surface area contributed by atoms with Crippen molar-refractivity contribution in [2.24, 2.45) is 0 Å². The Bertz CT molecular complexity index is 884. The maximum absolute atomic E-state index is 13.2. The van der Waals surface area contributed by atoms with Gasteiger partial charge in [-0.15, -0.1) is 24.8 Å². The number of carbonyl (C=O) groups excluding carboxylic acids is 1. The highest BCUT2D eigenvalue weighted by Crippen LogP contribution is 2.26.